The number of aliphatic carboxylic acids is 1. The standard InChI is InChI=1S/C10H19NO4S/c1-10(2,3)16-6-8(13)11-7(4-5-12)9(14)15/h7,12H,4-6H2,1-3H3,(H,11,13)(H,14,15). The quantitative estimate of drug-likeness (QED) is 0.637. The van der Waals surface area contributed by atoms with Crippen molar-refractivity contribution < 1.29 is 19.8 Å². The van der Waals surface area contributed by atoms with Gasteiger partial charge in [-0.2, -0.15) is 0 Å². The molecule has 0 rings (SSSR count). The summed E-state index contributed by atoms with van der Waals surface area (Å²) in [7, 11) is 0. The lowest BCUT2D eigenvalue weighted by atomic mass is 10.2. The van der Waals surface area contributed by atoms with Crippen LogP contribution in [0.2, 0.25) is 0 Å². The lowest BCUT2D eigenvalue weighted by Gasteiger charge is -2.18. The van der Waals surface area contributed by atoms with Crippen LogP contribution >= 0.6 is 11.8 Å². The fraction of sp³-hybridized carbons (Fsp3) is 0.800. The van der Waals surface area contributed by atoms with E-state index in [1.165, 1.54) is 11.8 Å². The number of amides is 1. The molecule has 6 heteroatoms. The monoisotopic (exact) mass is 249 g/mol. The second kappa shape index (κ2) is 6.75. The molecule has 0 bridgehead atoms. The molecule has 1 atom stereocenters. The van der Waals surface area contributed by atoms with Gasteiger partial charge in [-0.1, -0.05) is 20.8 Å². The summed E-state index contributed by atoms with van der Waals surface area (Å²) < 4.78 is -0.0347. The third-order valence-electron chi connectivity index (χ3n) is 1.69. The van der Waals surface area contributed by atoms with Crippen LogP contribution in [0.4, 0.5) is 0 Å². The number of aliphatic hydroxyl groups is 1. The molecule has 0 saturated heterocycles. The van der Waals surface area contributed by atoms with E-state index in [4.69, 9.17) is 10.2 Å². The first-order valence-electron chi connectivity index (χ1n) is 5.03. The minimum atomic E-state index is -1.12. The molecule has 0 aromatic rings. The number of hydrogen-bond donors (Lipinski definition) is 3. The first-order valence-corrected chi connectivity index (χ1v) is 6.02. The predicted molar refractivity (Wildman–Crippen MR) is 63.5 cm³/mol. The van der Waals surface area contributed by atoms with Crippen LogP contribution in [0.5, 0.6) is 0 Å². The number of carboxylic acid groups (broad SMARTS) is 1. The Morgan fingerprint density at radius 3 is 2.31 bits per heavy atom. The number of hydrogen-bond acceptors (Lipinski definition) is 4. The van der Waals surface area contributed by atoms with Crippen LogP contribution in [0.25, 0.3) is 0 Å². The molecule has 1 unspecified atom stereocenters. The fourth-order valence-electron chi connectivity index (χ4n) is 0.905. The van der Waals surface area contributed by atoms with Crippen molar-refractivity contribution in [1.29, 1.82) is 0 Å². The topological polar surface area (TPSA) is 86.6 Å². The van der Waals surface area contributed by atoms with Crippen LogP contribution in [-0.4, -0.2) is 45.2 Å². The molecule has 3 N–H and O–H groups in total. The van der Waals surface area contributed by atoms with Gasteiger partial charge in [0.1, 0.15) is 6.04 Å². The van der Waals surface area contributed by atoms with Gasteiger partial charge in [-0.05, 0) is 0 Å². The summed E-state index contributed by atoms with van der Waals surface area (Å²) in [6.07, 6.45) is 0.0290. The van der Waals surface area contributed by atoms with Crippen LogP contribution in [0, 0.1) is 0 Å². The zero-order chi connectivity index (χ0) is 12.8. The first kappa shape index (κ1) is 15.2. The van der Waals surface area contributed by atoms with E-state index in [9.17, 15) is 9.59 Å². The molecule has 0 fully saturated rings. The molecule has 1 amide bonds. The Kier molecular flexibility index (Phi) is 6.43. The van der Waals surface area contributed by atoms with Crippen molar-refractivity contribution in [2.75, 3.05) is 12.4 Å². The van der Waals surface area contributed by atoms with Gasteiger partial charge in [0.2, 0.25) is 5.91 Å². The van der Waals surface area contributed by atoms with Crippen molar-refractivity contribution in [2.24, 2.45) is 0 Å². The molecule has 0 aliphatic heterocycles. The van der Waals surface area contributed by atoms with Crippen molar-refractivity contribution >= 4 is 23.6 Å². The van der Waals surface area contributed by atoms with Gasteiger partial charge in [0.15, 0.2) is 0 Å². The number of thioether (sulfide) groups is 1. The summed E-state index contributed by atoms with van der Waals surface area (Å²) in [6, 6.07) is -1.00. The van der Waals surface area contributed by atoms with Gasteiger partial charge in [0.05, 0.1) is 5.75 Å². The van der Waals surface area contributed by atoms with Crippen LogP contribution < -0.4 is 5.32 Å². The van der Waals surface area contributed by atoms with Crippen LogP contribution in [0.15, 0.2) is 0 Å². The molecule has 16 heavy (non-hydrogen) atoms. The maximum atomic E-state index is 11.4. The average Bonchev–Trinajstić information content (AvgIpc) is 2.13. The van der Waals surface area contributed by atoms with E-state index in [1.54, 1.807) is 0 Å². The summed E-state index contributed by atoms with van der Waals surface area (Å²) in [5.41, 5.74) is 0. The number of rotatable bonds is 6. The molecule has 0 aliphatic carbocycles. The molecule has 94 valence electrons. The SMILES string of the molecule is CC(C)(C)SCC(=O)NC(CCO)C(=O)O. The highest BCUT2D eigenvalue weighted by Gasteiger charge is 2.20. The normalized spacial score (nSPS) is 13.2. The highest BCUT2D eigenvalue weighted by atomic mass is 32.2. The molecule has 0 aromatic heterocycles. The lowest BCUT2D eigenvalue weighted by Crippen LogP contribution is -2.42. The second-order valence-electron chi connectivity index (χ2n) is 4.37. The zero-order valence-electron chi connectivity index (χ0n) is 9.82. The maximum absolute atomic E-state index is 11.4. The molecule has 0 aromatic carbocycles. The van der Waals surface area contributed by atoms with Gasteiger partial charge in [0, 0.05) is 17.8 Å². The van der Waals surface area contributed by atoms with Crippen molar-refractivity contribution in [3.05, 3.63) is 0 Å². The summed E-state index contributed by atoms with van der Waals surface area (Å²) in [5.74, 6) is -1.22. The van der Waals surface area contributed by atoms with Crippen molar-refractivity contribution in [2.45, 2.75) is 38.0 Å². The Bertz CT molecular complexity index is 250. The smallest absolute Gasteiger partial charge is 0.326 e. The Labute approximate surface area is 99.6 Å². The summed E-state index contributed by atoms with van der Waals surface area (Å²) >= 11 is 1.45. The molecule has 0 spiro atoms. The number of carboxylic acids is 1. The van der Waals surface area contributed by atoms with Gasteiger partial charge < -0.3 is 15.5 Å². The minimum Gasteiger partial charge on any atom is -0.480 e. The van der Waals surface area contributed by atoms with E-state index in [0.29, 0.717) is 0 Å². The predicted octanol–water partition coefficient (Wildman–Crippen LogP) is 0.470. The fourth-order valence-corrected chi connectivity index (χ4v) is 1.55. The summed E-state index contributed by atoms with van der Waals surface area (Å²) in [6.45, 7) is 5.68. The number of nitrogens with one attached hydrogen (secondary N) is 1. The Morgan fingerprint density at radius 2 is 1.94 bits per heavy atom. The Morgan fingerprint density at radius 1 is 1.38 bits per heavy atom. The van der Waals surface area contributed by atoms with E-state index in [0.717, 1.165) is 0 Å². The van der Waals surface area contributed by atoms with Crippen molar-refractivity contribution in [3.8, 4) is 0 Å². The first-order chi connectivity index (χ1) is 7.26. The third kappa shape index (κ3) is 7.53. The van der Waals surface area contributed by atoms with E-state index in [-0.39, 0.29) is 29.4 Å². The van der Waals surface area contributed by atoms with Crippen LogP contribution in [0.1, 0.15) is 27.2 Å². The number of aliphatic hydroxyl groups excluding tert-OH is 1. The molecule has 0 radical (unpaired) electrons. The van der Waals surface area contributed by atoms with Crippen molar-refractivity contribution in [1.82, 2.24) is 5.32 Å². The van der Waals surface area contributed by atoms with E-state index >= 15 is 0 Å². The van der Waals surface area contributed by atoms with Gasteiger partial charge in [-0.3, -0.25) is 4.79 Å². The molecule has 0 heterocycles. The minimum absolute atomic E-state index is 0.0290. The average molecular weight is 249 g/mol. The van der Waals surface area contributed by atoms with E-state index in [1.807, 2.05) is 20.8 Å². The molecule has 5 nitrogen and oxygen atoms in total. The number of carbonyl (C=O) groups is 2. The molecule has 0 aliphatic rings. The lowest BCUT2D eigenvalue weighted by molar-refractivity contribution is -0.141. The van der Waals surface area contributed by atoms with Gasteiger partial charge in [-0.25, -0.2) is 4.79 Å². The summed E-state index contributed by atoms with van der Waals surface area (Å²) in [5, 5.41) is 19.8. The van der Waals surface area contributed by atoms with Gasteiger partial charge in [-0.15, -0.1) is 11.8 Å². The third-order valence-corrected chi connectivity index (χ3v) is 2.96. The van der Waals surface area contributed by atoms with Gasteiger partial charge >= 0.3 is 5.97 Å². The largest absolute Gasteiger partial charge is 0.480 e. The highest BCUT2D eigenvalue weighted by Crippen LogP contribution is 2.22. The molecular formula is C10H19NO4S. The molecule has 0 saturated carbocycles. The zero-order valence-corrected chi connectivity index (χ0v) is 10.6. The van der Waals surface area contributed by atoms with Gasteiger partial charge in [0.25, 0.3) is 0 Å². The van der Waals surface area contributed by atoms with E-state index in [2.05, 4.69) is 5.32 Å². The van der Waals surface area contributed by atoms with Crippen LogP contribution in [0.3, 0.4) is 0 Å². The Hall–Kier alpha value is -0.750. The second-order valence-corrected chi connectivity index (χ2v) is 6.17. The van der Waals surface area contributed by atoms with E-state index < -0.39 is 12.0 Å². The number of carbonyl (C=O) groups excluding carboxylic acids is 1. The molecular weight excluding hydrogens is 230 g/mol. The Balaban J connectivity index is 4.05. The summed E-state index contributed by atoms with van der Waals surface area (Å²) in [4.78, 5) is 22.1. The van der Waals surface area contributed by atoms with Crippen molar-refractivity contribution in [3.63, 3.8) is 0 Å². The maximum Gasteiger partial charge on any atom is 0.326 e. The highest BCUT2D eigenvalue weighted by molar-refractivity contribution is 8.01. The van der Waals surface area contributed by atoms with Crippen LogP contribution in [-0.2, 0) is 9.59 Å².